The summed E-state index contributed by atoms with van der Waals surface area (Å²) in [6.07, 6.45) is 5.70. The van der Waals surface area contributed by atoms with Gasteiger partial charge in [-0.15, -0.1) is 0 Å². The second-order valence-corrected chi connectivity index (χ2v) is 4.16. The zero-order chi connectivity index (χ0) is 9.97. The summed E-state index contributed by atoms with van der Waals surface area (Å²) in [4.78, 5) is 15.7. The molecule has 0 atom stereocenters. The van der Waals surface area contributed by atoms with E-state index in [9.17, 15) is 4.79 Å². The number of aromatic nitrogens is 3. The fourth-order valence-electron chi connectivity index (χ4n) is 2.04. The van der Waals surface area contributed by atoms with Gasteiger partial charge in [0.2, 0.25) is 5.78 Å². The van der Waals surface area contributed by atoms with Gasteiger partial charge in [-0.05, 0) is 18.8 Å². The molecule has 2 rings (SSSR count). The molecule has 14 heavy (non-hydrogen) atoms. The van der Waals surface area contributed by atoms with Crippen molar-refractivity contribution in [3.63, 3.8) is 0 Å². The van der Waals surface area contributed by atoms with Crippen LogP contribution in [0.25, 0.3) is 0 Å². The van der Waals surface area contributed by atoms with Crippen molar-refractivity contribution in [2.45, 2.75) is 32.6 Å². The largest absolute Gasteiger partial charge is 0.290 e. The van der Waals surface area contributed by atoms with Gasteiger partial charge in [-0.25, -0.2) is 4.98 Å². The standard InChI is InChI=1S/C10H15N3O/c1-7-2-4-8(5-3-7)9(14)10-11-6-12-13-10/h6-8H,2-5H2,1H3,(H,11,12,13). The Bertz CT molecular complexity index is 299. The van der Waals surface area contributed by atoms with E-state index < -0.39 is 0 Å². The van der Waals surface area contributed by atoms with Crippen LogP contribution in [0.2, 0.25) is 0 Å². The van der Waals surface area contributed by atoms with Crippen molar-refractivity contribution in [2.75, 3.05) is 0 Å². The summed E-state index contributed by atoms with van der Waals surface area (Å²) < 4.78 is 0. The minimum absolute atomic E-state index is 0.134. The Morgan fingerprint density at radius 1 is 1.43 bits per heavy atom. The second kappa shape index (κ2) is 3.90. The zero-order valence-corrected chi connectivity index (χ0v) is 8.36. The Labute approximate surface area is 83.1 Å². The molecule has 76 valence electrons. The highest BCUT2D eigenvalue weighted by molar-refractivity contribution is 5.94. The van der Waals surface area contributed by atoms with Crippen LogP contribution < -0.4 is 0 Å². The molecule has 0 aliphatic heterocycles. The zero-order valence-electron chi connectivity index (χ0n) is 8.36. The van der Waals surface area contributed by atoms with Crippen molar-refractivity contribution >= 4 is 5.78 Å². The van der Waals surface area contributed by atoms with E-state index >= 15 is 0 Å². The van der Waals surface area contributed by atoms with Gasteiger partial charge in [-0.1, -0.05) is 19.8 Å². The SMILES string of the molecule is CC1CCC(C(=O)c2ncn[nH]2)CC1. The molecule has 0 aromatic carbocycles. The number of carbonyl (C=O) groups excluding carboxylic acids is 1. The molecule has 4 heteroatoms. The molecule has 1 fully saturated rings. The molecule has 1 N–H and O–H groups in total. The number of rotatable bonds is 2. The van der Waals surface area contributed by atoms with Crippen LogP contribution in [-0.4, -0.2) is 21.0 Å². The minimum atomic E-state index is 0.134. The Morgan fingerprint density at radius 3 is 2.71 bits per heavy atom. The number of ketones is 1. The van der Waals surface area contributed by atoms with Crippen molar-refractivity contribution in [3.05, 3.63) is 12.2 Å². The van der Waals surface area contributed by atoms with E-state index in [1.54, 1.807) is 0 Å². The highest BCUT2D eigenvalue weighted by Gasteiger charge is 2.26. The molecule has 0 radical (unpaired) electrons. The summed E-state index contributed by atoms with van der Waals surface area (Å²) in [6.45, 7) is 2.25. The molecule has 1 saturated carbocycles. The second-order valence-electron chi connectivity index (χ2n) is 4.16. The van der Waals surface area contributed by atoms with Gasteiger partial charge >= 0.3 is 0 Å². The molecule has 0 unspecified atom stereocenters. The van der Waals surface area contributed by atoms with Gasteiger partial charge < -0.3 is 0 Å². The summed E-state index contributed by atoms with van der Waals surface area (Å²) in [5, 5.41) is 6.33. The van der Waals surface area contributed by atoms with Crippen LogP contribution in [0.1, 0.15) is 43.2 Å². The first-order chi connectivity index (χ1) is 6.77. The number of nitrogens with one attached hydrogen (secondary N) is 1. The molecule has 4 nitrogen and oxygen atoms in total. The van der Waals surface area contributed by atoms with Crippen LogP contribution in [0.5, 0.6) is 0 Å². The maximum absolute atomic E-state index is 11.8. The molecule has 1 aromatic rings. The third kappa shape index (κ3) is 1.84. The lowest BCUT2D eigenvalue weighted by atomic mass is 9.81. The molecule has 0 saturated heterocycles. The van der Waals surface area contributed by atoms with Crippen LogP contribution in [-0.2, 0) is 0 Å². The van der Waals surface area contributed by atoms with E-state index in [0.717, 1.165) is 31.6 Å². The molecular weight excluding hydrogens is 178 g/mol. The lowest BCUT2D eigenvalue weighted by Crippen LogP contribution is -2.21. The van der Waals surface area contributed by atoms with E-state index in [1.165, 1.54) is 6.33 Å². The van der Waals surface area contributed by atoms with Crippen LogP contribution in [0.15, 0.2) is 6.33 Å². The summed E-state index contributed by atoms with van der Waals surface area (Å²) in [7, 11) is 0. The smallest absolute Gasteiger partial charge is 0.202 e. The van der Waals surface area contributed by atoms with Crippen LogP contribution >= 0.6 is 0 Å². The number of nitrogens with zero attached hydrogens (tertiary/aromatic N) is 2. The quantitative estimate of drug-likeness (QED) is 0.729. The monoisotopic (exact) mass is 193 g/mol. The third-order valence-corrected chi connectivity index (χ3v) is 3.04. The Hall–Kier alpha value is -1.19. The van der Waals surface area contributed by atoms with E-state index in [-0.39, 0.29) is 11.7 Å². The molecule has 0 bridgehead atoms. The summed E-state index contributed by atoms with van der Waals surface area (Å²) in [6, 6.07) is 0. The predicted octanol–water partition coefficient (Wildman–Crippen LogP) is 1.81. The first-order valence-electron chi connectivity index (χ1n) is 5.17. The van der Waals surface area contributed by atoms with E-state index in [0.29, 0.717) is 5.82 Å². The van der Waals surface area contributed by atoms with E-state index in [4.69, 9.17) is 0 Å². The van der Waals surface area contributed by atoms with Gasteiger partial charge in [0.1, 0.15) is 6.33 Å². The first-order valence-corrected chi connectivity index (χ1v) is 5.17. The molecule has 0 spiro atoms. The average Bonchev–Trinajstić information content (AvgIpc) is 2.71. The summed E-state index contributed by atoms with van der Waals surface area (Å²) in [5.41, 5.74) is 0. The first kappa shape index (κ1) is 9.37. The number of hydrogen-bond acceptors (Lipinski definition) is 3. The van der Waals surface area contributed by atoms with Gasteiger partial charge in [0.25, 0.3) is 0 Å². The van der Waals surface area contributed by atoms with Crippen molar-refractivity contribution in [2.24, 2.45) is 11.8 Å². The molecule has 1 heterocycles. The fourth-order valence-corrected chi connectivity index (χ4v) is 2.04. The van der Waals surface area contributed by atoms with Crippen molar-refractivity contribution in [1.29, 1.82) is 0 Å². The Kier molecular flexibility index (Phi) is 2.61. The van der Waals surface area contributed by atoms with Crippen molar-refractivity contribution in [3.8, 4) is 0 Å². The highest BCUT2D eigenvalue weighted by atomic mass is 16.1. The minimum Gasteiger partial charge on any atom is -0.290 e. The number of hydrogen-bond donors (Lipinski definition) is 1. The molecule has 1 aromatic heterocycles. The topological polar surface area (TPSA) is 58.6 Å². The molecule has 0 amide bonds. The normalized spacial score (nSPS) is 27.5. The van der Waals surface area contributed by atoms with Crippen LogP contribution in [0, 0.1) is 11.8 Å². The average molecular weight is 193 g/mol. The molecular formula is C10H15N3O. The van der Waals surface area contributed by atoms with Crippen molar-refractivity contribution < 1.29 is 4.79 Å². The highest BCUT2D eigenvalue weighted by Crippen LogP contribution is 2.29. The van der Waals surface area contributed by atoms with Crippen LogP contribution in [0.3, 0.4) is 0 Å². The third-order valence-electron chi connectivity index (χ3n) is 3.04. The lowest BCUT2D eigenvalue weighted by molar-refractivity contribution is 0.0865. The predicted molar refractivity (Wildman–Crippen MR) is 51.8 cm³/mol. The van der Waals surface area contributed by atoms with Gasteiger partial charge in [0.15, 0.2) is 5.82 Å². The van der Waals surface area contributed by atoms with Crippen LogP contribution in [0.4, 0.5) is 0 Å². The van der Waals surface area contributed by atoms with Gasteiger partial charge in [0.05, 0.1) is 0 Å². The van der Waals surface area contributed by atoms with Gasteiger partial charge in [0, 0.05) is 5.92 Å². The summed E-state index contributed by atoms with van der Waals surface area (Å²) >= 11 is 0. The summed E-state index contributed by atoms with van der Waals surface area (Å²) in [5.74, 6) is 1.49. The number of aromatic amines is 1. The van der Waals surface area contributed by atoms with Gasteiger partial charge in [-0.3, -0.25) is 9.89 Å². The van der Waals surface area contributed by atoms with Gasteiger partial charge in [-0.2, -0.15) is 5.10 Å². The maximum atomic E-state index is 11.8. The van der Waals surface area contributed by atoms with E-state index in [1.807, 2.05) is 0 Å². The number of carbonyl (C=O) groups is 1. The molecule has 1 aliphatic rings. The van der Waals surface area contributed by atoms with Crippen molar-refractivity contribution in [1.82, 2.24) is 15.2 Å². The fraction of sp³-hybridized carbons (Fsp3) is 0.700. The Balaban J connectivity index is 1.99. The number of H-pyrrole nitrogens is 1. The number of Topliss-reactive ketones (excluding diaryl/α,β-unsaturated/α-hetero) is 1. The van der Waals surface area contributed by atoms with E-state index in [2.05, 4.69) is 22.1 Å². The lowest BCUT2D eigenvalue weighted by Gasteiger charge is -2.24. The molecule has 1 aliphatic carbocycles. The Morgan fingerprint density at radius 2 is 2.14 bits per heavy atom. The maximum Gasteiger partial charge on any atom is 0.202 e.